The predicted molar refractivity (Wildman–Crippen MR) is 80.0 cm³/mol. The zero-order chi connectivity index (χ0) is 15.6. The lowest BCUT2D eigenvalue weighted by Crippen LogP contribution is -2.16. The van der Waals surface area contributed by atoms with E-state index in [4.69, 9.17) is 5.11 Å². The fraction of sp³-hybridized carbons (Fsp3) is 0. The molecule has 0 aliphatic heterocycles. The molecule has 8 heteroatoms. The summed E-state index contributed by atoms with van der Waals surface area (Å²) in [6.45, 7) is 0. The summed E-state index contributed by atoms with van der Waals surface area (Å²) in [6.07, 6.45) is 0. The fourth-order valence-corrected chi connectivity index (χ4v) is 2.08. The number of carboxylic acids is 3. The highest BCUT2D eigenvalue weighted by Gasteiger charge is 2.27. The van der Waals surface area contributed by atoms with Crippen LogP contribution in [0.4, 0.5) is 0 Å². The molecule has 8 nitrogen and oxygen atoms in total. The summed E-state index contributed by atoms with van der Waals surface area (Å²) in [5.74, 6) is -4.58. The molecule has 0 fully saturated rings. The maximum absolute atomic E-state index is 11.4. The Bertz CT molecular complexity index is 737. The molecule has 7 N–H and O–H groups in total. The van der Waals surface area contributed by atoms with E-state index in [1.807, 2.05) is 0 Å². The van der Waals surface area contributed by atoms with Gasteiger partial charge in [-0.3, -0.25) is 0 Å². The van der Waals surface area contributed by atoms with Gasteiger partial charge in [-0.15, -0.1) is 0 Å². The van der Waals surface area contributed by atoms with Crippen LogP contribution in [-0.4, -0.2) is 44.2 Å². The highest BCUT2D eigenvalue weighted by Crippen LogP contribution is 2.29. The number of aromatic carboxylic acids is 3. The van der Waals surface area contributed by atoms with Crippen LogP contribution >= 0.6 is 0 Å². The van der Waals surface area contributed by atoms with Gasteiger partial charge in [-0.25, -0.2) is 14.4 Å². The second-order valence-corrected chi connectivity index (χ2v) is 4.19. The van der Waals surface area contributed by atoms with Crippen LogP contribution in [-0.2, 0) is 0 Å². The van der Waals surface area contributed by atoms with E-state index in [9.17, 15) is 24.6 Å². The number of benzene rings is 2. The minimum absolute atomic E-state index is 0. The zero-order valence-corrected chi connectivity index (χ0v) is 11.6. The Kier molecular flexibility index (Phi) is 6.61. The minimum atomic E-state index is -1.59. The summed E-state index contributed by atoms with van der Waals surface area (Å²) in [6, 6.07) is 10.7. The largest absolute Gasteiger partial charge is 0.478 e. The van der Waals surface area contributed by atoms with E-state index < -0.39 is 34.6 Å². The van der Waals surface area contributed by atoms with E-state index in [2.05, 4.69) is 0 Å². The first-order chi connectivity index (χ1) is 9.93. The van der Waals surface area contributed by atoms with E-state index >= 15 is 0 Å². The van der Waals surface area contributed by atoms with Crippen molar-refractivity contribution in [3.05, 3.63) is 59.2 Å². The highest BCUT2D eigenvalue weighted by atomic mass is 16.4. The molecule has 2 aromatic rings. The molecule has 0 aromatic heterocycles. The Hall–Kier alpha value is -3.23. The standard InChI is InChI=1S/C15H10O6.2H2O/c16-13(17)10-7-6-9(8-4-2-1-3-5-8)11(14(18)19)12(10)15(20)21;;/h1-7H,(H,16,17)(H,18,19)(H,20,21);2*1H2. The number of rotatable bonds is 4. The lowest BCUT2D eigenvalue weighted by atomic mass is 9.92. The number of carbonyl (C=O) groups is 3. The molecule has 0 aliphatic rings. The maximum Gasteiger partial charge on any atom is 0.337 e. The molecule has 0 saturated heterocycles. The first-order valence-corrected chi connectivity index (χ1v) is 5.85. The minimum Gasteiger partial charge on any atom is -0.478 e. The summed E-state index contributed by atoms with van der Waals surface area (Å²) in [7, 11) is 0. The van der Waals surface area contributed by atoms with E-state index in [-0.39, 0.29) is 16.5 Å². The van der Waals surface area contributed by atoms with Crippen LogP contribution in [0.25, 0.3) is 11.1 Å². The van der Waals surface area contributed by atoms with Crippen molar-refractivity contribution >= 4 is 17.9 Å². The van der Waals surface area contributed by atoms with E-state index in [0.717, 1.165) is 6.07 Å². The molecular weight excluding hydrogens is 308 g/mol. The summed E-state index contributed by atoms with van der Waals surface area (Å²) >= 11 is 0. The summed E-state index contributed by atoms with van der Waals surface area (Å²) < 4.78 is 0. The Morgan fingerprint density at radius 1 is 0.652 bits per heavy atom. The van der Waals surface area contributed by atoms with E-state index in [1.54, 1.807) is 30.3 Å². The van der Waals surface area contributed by atoms with Crippen molar-refractivity contribution in [3.63, 3.8) is 0 Å². The second kappa shape index (κ2) is 7.69. The van der Waals surface area contributed by atoms with Gasteiger partial charge in [0.05, 0.1) is 16.7 Å². The van der Waals surface area contributed by atoms with Gasteiger partial charge < -0.3 is 26.3 Å². The first-order valence-electron chi connectivity index (χ1n) is 5.85. The molecule has 0 heterocycles. The Labute approximate surface area is 129 Å². The topological polar surface area (TPSA) is 175 Å². The monoisotopic (exact) mass is 322 g/mol. The molecule has 0 aliphatic carbocycles. The van der Waals surface area contributed by atoms with Gasteiger partial charge in [-0.2, -0.15) is 0 Å². The van der Waals surface area contributed by atoms with Crippen LogP contribution in [0.2, 0.25) is 0 Å². The molecule has 0 spiro atoms. The van der Waals surface area contributed by atoms with Crippen molar-refractivity contribution in [1.29, 1.82) is 0 Å². The molecule has 0 radical (unpaired) electrons. The van der Waals surface area contributed by atoms with Crippen LogP contribution in [0.5, 0.6) is 0 Å². The molecule has 122 valence electrons. The van der Waals surface area contributed by atoms with Gasteiger partial charge in [-0.1, -0.05) is 36.4 Å². The summed E-state index contributed by atoms with van der Waals surface area (Å²) in [5, 5.41) is 27.5. The molecule has 0 unspecified atom stereocenters. The number of carboxylic acid groups (broad SMARTS) is 3. The molecule has 23 heavy (non-hydrogen) atoms. The van der Waals surface area contributed by atoms with Gasteiger partial charge in [0.1, 0.15) is 0 Å². The predicted octanol–water partition coefficient (Wildman–Crippen LogP) is 0.799. The third-order valence-corrected chi connectivity index (χ3v) is 2.95. The van der Waals surface area contributed by atoms with Gasteiger partial charge >= 0.3 is 17.9 Å². The van der Waals surface area contributed by atoms with Crippen LogP contribution in [0, 0.1) is 0 Å². The van der Waals surface area contributed by atoms with Crippen molar-refractivity contribution in [3.8, 4) is 11.1 Å². The van der Waals surface area contributed by atoms with Gasteiger partial charge in [0.2, 0.25) is 0 Å². The van der Waals surface area contributed by atoms with Crippen molar-refractivity contribution in [2.75, 3.05) is 0 Å². The van der Waals surface area contributed by atoms with Gasteiger partial charge in [0.15, 0.2) is 0 Å². The van der Waals surface area contributed by atoms with Gasteiger partial charge in [0.25, 0.3) is 0 Å². The summed E-state index contributed by atoms with van der Waals surface area (Å²) in [5.41, 5.74) is -1.16. The van der Waals surface area contributed by atoms with E-state index in [0.29, 0.717) is 5.56 Å². The molecule has 2 aromatic carbocycles. The number of hydrogen-bond acceptors (Lipinski definition) is 3. The summed E-state index contributed by atoms with van der Waals surface area (Å²) in [4.78, 5) is 33.8. The first kappa shape index (κ1) is 19.8. The van der Waals surface area contributed by atoms with Crippen molar-refractivity contribution in [2.24, 2.45) is 0 Å². The average molecular weight is 322 g/mol. The van der Waals surface area contributed by atoms with Crippen molar-refractivity contribution in [2.45, 2.75) is 0 Å². The van der Waals surface area contributed by atoms with Crippen molar-refractivity contribution < 1.29 is 40.7 Å². The lowest BCUT2D eigenvalue weighted by Gasteiger charge is -2.11. The lowest BCUT2D eigenvalue weighted by molar-refractivity contribution is 0.0633. The Morgan fingerprint density at radius 2 is 1.17 bits per heavy atom. The molecule has 0 atom stereocenters. The Balaban J connectivity index is 0.00000242. The highest BCUT2D eigenvalue weighted by molar-refractivity contribution is 6.12. The maximum atomic E-state index is 11.4. The van der Waals surface area contributed by atoms with Crippen LogP contribution in [0.1, 0.15) is 31.1 Å². The van der Waals surface area contributed by atoms with Gasteiger partial charge in [0, 0.05) is 0 Å². The van der Waals surface area contributed by atoms with Crippen LogP contribution < -0.4 is 0 Å². The van der Waals surface area contributed by atoms with E-state index in [1.165, 1.54) is 6.07 Å². The SMILES string of the molecule is O.O.O=C(O)c1ccc(-c2ccccc2)c(C(=O)O)c1C(=O)O. The van der Waals surface area contributed by atoms with Crippen molar-refractivity contribution in [1.82, 2.24) is 0 Å². The number of hydrogen-bond donors (Lipinski definition) is 3. The molecular formula is C15H14O8. The smallest absolute Gasteiger partial charge is 0.337 e. The molecule has 0 saturated carbocycles. The Morgan fingerprint density at radius 3 is 1.61 bits per heavy atom. The third-order valence-electron chi connectivity index (χ3n) is 2.95. The molecule has 0 amide bonds. The third kappa shape index (κ3) is 3.70. The average Bonchev–Trinajstić information content (AvgIpc) is 2.46. The molecule has 0 bridgehead atoms. The van der Waals surface area contributed by atoms with Gasteiger partial charge in [-0.05, 0) is 17.2 Å². The normalized spacial score (nSPS) is 9.22. The molecule has 2 rings (SSSR count). The fourth-order valence-electron chi connectivity index (χ4n) is 2.08. The van der Waals surface area contributed by atoms with Crippen LogP contribution in [0.15, 0.2) is 42.5 Å². The van der Waals surface area contributed by atoms with Crippen LogP contribution in [0.3, 0.4) is 0 Å². The quantitative estimate of drug-likeness (QED) is 0.749. The second-order valence-electron chi connectivity index (χ2n) is 4.19. The zero-order valence-electron chi connectivity index (χ0n) is 11.6.